The van der Waals surface area contributed by atoms with Gasteiger partial charge in [0.2, 0.25) is 0 Å². The molecule has 4 rings (SSSR count). The van der Waals surface area contributed by atoms with Gasteiger partial charge >= 0.3 is 5.97 Å². The Kier molecular flexibility index (Phi) is 5.25. The Hall–Kier alpha value is -2.55. The van der Waals surface area contributed by atoms with Gasteiger partial charge in [0.1, 0.15) is 23.6 Å². The first-order chi connectivity index (χ1) is 13.6. The summed E-state index contributed by atoms with van der Waals surface area (Å²) in [6.07, 6.45) is 2.69. The summed E-state index contributed by atoms with van der Waals surface area (Å²) in [6.45, 7) is 1.15. The maximum atomic E-state index is 14.9. The highest BCUT2D eigenvalue weighted by Crippen LogP contribution is 2.33. The van der Waals surface area contributed by atoms with E-state index in [1.165, 1.54) is 0 Å². The molecule has 2 saturated heterocycles. The van der Waals surface area contributed by atoms with Gasteiger partial charge in [0.15, 0.2) is 0 Å². The van der Waals surface area contributed by atoms with Crippen LogP contribution in [0, 0.1) is 11.2 Å². The number of hydrogen-bond acceptors (Lipinski definition) is 6. The Labute approximate surface area is 161 Å². The highest BCUT2D eigenvalue weighted by molar-refractivity contribution is 5.76. The molecule has 1 atom stereocenters. The van der Waals surface area contributed by atoms with E-state index in [1.54, 1.807) is 24.4 Å². The number of ether oxygens (including phenoxy) is 2. The molecular weight excluding hydrogens is 365 g/mol. The number of aromatic nitrogens is 1. The number of carboxylic acids is 1. The highest BCUT2D eigenvalue weighted by Gasteiger charge is 2.46. The van der Waals surface area contributed by atoms with Gasteiger partial charge in [-0.25, -0.2) is 9.82 Å². The van der Waals surface area contributed by atoms with Gasteiger partial charge in [0, 0.05) is 12.1 Å². The average Bonchev–Trinajstić information content (AvgIpc) is 3.20. The SMILES string of the molecule is O=C(O)C1(Cc2cccc(COc3ccc(C4CCNN4)nc3)c2F)COC1. The first-order valence-corrected chi connectivity index (χ1v) is 9.22. The predicted molar refractivity (Wildman–Crippen MR) is 98.1 cm³/mol. The van der Waals surface area contributed by atoms with Crippen molar-refractivity contribution >= 4 is 5.97 Å². The van der Waals surface area contributed by atoms with Gasteiger partial charge in [-0.15, -0.1) is 0 Å². The van der Waals surface area contributed by atoms with Crippen molar-refractivity contribution in [3.05, 3.63) is 59.2 Å². The van der Waals surface area contributed by atoms with E-state index >= 15 is 0 Å². The van der Waals surface area contributed by atoms with Gasteiger partial charge in [-0.3, -0.25) is 15.2 Å². The van der Waals surface area contributed by atoms with Crippen LogP contribution in [0.4, 0.5) is 4.39 Å². The normalized spacial score (nSPS) is 20.5. The third-order valence-corrected chi connectivity index (χ3v) is 5.24. The second-order valence-electron chi connectivity index (χ2n) is 7.27. The molecule has 7 nitrogen and oxygen atoms in total. The number of hydrazine groups is 1. The number of nitrogens with zero attached hydrogens (tertiary/aromatic N) is 1. The topological polar surface area (TPSA) is 92.7 Å². The zero-order valence-corrected chi connectivity index (χ0v) is 15.3. The number of halogens is 1. The van der Waals surface area contributed by atoms with E-state index in [0.717, 1.165) is 18.7 Å². The van der Waals surface area contributed by atoms with Crippen molar-refractivity contribution in [1.29, 1.82) is 0 Å². The summed E-state index contributed by atoms with van der Waals surface area (Å²) in [7, 11) is 0. The number of pyridine rings is 1. The zero-order valence-electron chi connectivity index (χ0n) is 15.3. The van der Waals surface area contributed by atoms with Gasteiger partial charge in [0.05, 0.1) is 31.1 Å². The summed E-state index contributed by atoms with van der Waals surface area (Å²) in [6, 6.07) is 8.85. The standard InChI is InChI=1S/C20H22FN3O4/c21-18-13(8-20(19(25)26)11-27-12-20)2-1-3-14(18)10-28-15-4-5-16(22-9-15)17-6-7-23-24-17/h1-5,9,17,23-24H,6-8,10-12H2,(H,25,26). The summed E-state index contributed by atoms with van der Waals surface area (Å²) in [4.78, 5) is 15.9. The number of hydrogen-bond donors (Lipinski definition) is 3. The van der Waals surface area contributed by atoms with Gasteiger partial charge in [0.25, 0.3) is 0 Å². The van der Waals surface area contributed by atoms with Crippen molar-refractivity contribution in [2.45, 2.75) is 25.5 Å². The van der Waals surface area contributed by atoms with E-state index in [1.807, 2.05) is 12.1 Å². The Bertz CT molecular complexity index is 849. The third-order valence-electron chi connectivity index (χ3n) is 5.24. The van der Waals surface area contributed by atoms with E-state index in [9.17, 15) is 14.3 Å². The summed E-state index contributed by atoms with van der Waals surface area (Å²) in [5.74, 6) is -0.840. The van der Waals surface area contributed by atoms with Gasteiger partial charge < -0.3 is 14.6 Å². The van der Waals surface area contributed by atoms with Crippen molar-refractivity contribution in [2.75, 3.05) is 19.8 Å². The maximum Gasteiger partial charge on any atom is 0.314 e. The minimum Gasteiger partial charge on any atom is -0.487 e. The molecule has 2 aromatic rings. The van der Waals surface area contributed by atoms with E-state index in [0.29, 0.717) is 16.9 Å². The number of carbonyl (C=O) groups is 1. The summed E-state index contributed by atoms with van der Waals surface area (Å²) in [5.41, 5.74) is 6.84. The van der Waals surface area contributed by atoms with E-state index < -0.39 is 17.2 Å². The number of carboxylic acid groups (broad SMARTS) is 1. The number of nitrogens with one attached hydrogen (secondary N) is 2. The molecule has 1 aromatic carbocycles. The van der Waals surface area contributed by atoms with Gasteiger partial charge in [-0.1, -0.05) is 18.2 Å². The lowest BCUT2D eigenvalue weighted by molar-refractivity contribution is -0.179. The van der Waals surface area contributed by atoms with Crippen molar-refractivity contribution in [3.63, 3.8) is 0 Å². The van der Waals surface area contributed by atoms with Crippen molar-refractivity contribution < 1.29 is 23.8 Å². The van der Waals surface area contributed by atoms with Crippen LogP contribution in [0.5, 0.6) is 5.75 Å². The third kappa shape index (κ3) is 3.71. The molecule has 28 heavy (non-hydrogen) atoms. The van der Waals surface area contributed by atoms with Crippen LogP contribution < -0.4 is 15.6 Å². The second-order valence-corrected chi connectivity index (χ2v) is 7.27. The van der Waals surface area contributed by atoms with E-state index in [-0.39, 0.29) is 32.3 Å². The lowest BCUT2D eigenvalue weighted by Crippen LogP contribution is -2.50. The lowest BCUT2D eigenvalue weighted by Gasteiger charge is -2.37. The van der Waals surface area contributed by atoms with Crippen LogP contribution >= 0.6 is 0 Å². The number of benzene rings is 1. The second kappa shape index (κ2) is 7.83. The molecular formula is C20H22FN3O4. The molecule has 0 aliphatic carbocycles. The molecule has 3 N–H and O–H groups in total. The van der Waals surface area contributed by atoms with Crippen LogP contribution in [0.1, 0.15) is 29.3 Å². The molecule has 2 aliphatic rings. The van der Waals surface area contributed by atoms with E-state index in [4.69, 9.17) is 9.47 Å². The largest absolute Gasteiger partial charge is 0.487 e. The monoisotopic (exact) mass is 387 g/mol. The Balaban J connectivity index is 1.41. The molecule has 1 unspecified atom stereocenters. The van der Waals surface area contributed by atoms with Crippen molar-refractivity contribution in [2.24, 2.45) is 5.41 Å². The fourth-order valence-corrected chi connectivity index (χ4v) is 3.45. The van der Waals surface area contributed by atoms with Gasteiger partial charge in [-0.2, -0.15) is 0 Å². The highest BCUT2D eigenvalue weighted by atomic mass is 19.1. The zero-order chi connectivity index (χ0) is 19.6. The minimum atomic E-state index is -1.04. The molecule has 0 radical (unpaired) electrons. The maximum absolute atomic E-state index is 14.9. The smallest absolute Gasteiger partial charge is 0.314 e. The molecule has 148 valence electrons. The van der Waals surface area contributed by atoms with Crippen LogP contribution in [-0.2, 0) is 22.6 Å². The molecule has 2 aliphatic heterocycles. The van der Waals surface area contributed by atoms with Crippen LogP contribution in [-0.4, -0.2) is 35.8 Å². The van der Waals surface area contributed by atoms with Crippen LogP contribution in [0.25, 0.3) is 0 Å². The molecule has 2 fully saturated rings. The fourth-order valence-electron chi connectivity index (χ4n) is 3.45. The van der Waals surface area contributed by atoms with E-state index in [2.05, 4.69) is 15.8 Å². The Morgan fingerprint density at radius 2 is 2.14 bits per heavy atom. The molecule has 8 heteroatoms. The van der Waals surface area contributed by atoms with Crippen LogP contribution in [0.15, 0.2) is 36.5 Å². The summed E-state index contributed by atoms with van der Waals surface area (Å²) in [5, 5.41) is 9.42. The first kappa shape index (κ1) is 18.8. The molecule has 0 saturated carbocycles. The molecule has 3 heterocycles. The lowest BCUT2D eigenvalue weighted by atomic mass is 9.79. The van der Waals surface area contributed by atoms with Gasteiger partial charge in [-0.05, 0) is 30.5 Å². The first-order valence-electron chi connectivity index (χ1n) is 9.22. The molecule has 0 bridgehead atoms. The number of aliphatic carboxylic acids is 1. The van der Waals surface area contributed by atoms with Crippen molar-refractivity contribution in [1.82, 2.24) is 15.8 Å². The molecule has 1 aromatic heterocycles. The number of rotatable bonds is 7. The molecule has 0 spiro atoms. The Morgan fingerprint density at radius 1 is 1.32 bits per heavy atom. The Morgan fingerprint density at radius 3 is 2.75 bits per heavy atom. The predicted octanol–water partition coefficient (Wildman–Crippen LogP) is 1.98. The van der Waals surface area contributed by atoms with Crippen LogP contribution in [0.3, 0.4) is 0 Å². The molecule has 0 amide bonds. The van der Waals surface area contributed by atoms with Crippen molar-refractivity contribution in [3.8, 4) is 5.75 Å². The fraction of sp³-hybridized carbons (Fsp3) is 0.400. The minimum absolute atomic E-state index is 0.0422. The van der Waals surface area contributed by atoms with Crippen LogP contribution in [0.2, 0.25) is 0 Å². The average molecular weight is 387 g/mol. The summed E-state index contributed by atoms with van der Waals surface area (Å²) >= 11 is 0. The quantitative estimate of drug-likeness (QED) is 0.669. The summed E-state index contributed by atoms with van der Waals surface area (Å²) < 4.78 is 25.6.